The number of rotatable bonds is 14. The molecule has 5 N–H and O–H groups in total. The van der Waals surface area contributed by atoms with Gasteiger partial charge in [0.15, 0.2) is 0 Å². The largest absolute Gasteiger partial charge is 0.497 e. The Labute approximate surface area is 312 Å². The molecule has 4 unspecified atom stereocenters. The summed E-state index contributed by atoms with van der Waals surface area (Å²) in [6.07, 6.45) is 9.68. The molecule has 11 atom stereocenters. The number of carbonyl (C=O) groups is 3. The van der Waals surface area contributed by atoms with Crippen LogP contribution < -0.4 is 21.0 Å². The monoisotopic (exact) mass is 736 g/mol. The Kier molecular flexibility index (Phi) is 11.9. The molecule has 2 amide bonds. The summed E-state index contributed by atoms with van der Waals surface area (Å²) in [5.41, 5.74) is 0.644. The molecule has 2 aromatic rings. The first kappa shape index (κ1) is 39.3. The lowest BCUT2D eigenvalue weighted by atomic mass is 9.43. The topological polar surface area (TPSA) is 175 Å². The number of unbranched alkanes of at least 4 members (excludes halogenated alkanes) is 1. The number of aliphatic hydroxyl groups is 2. The van der Waals surface area contributed by atoms with E-state index in [-0.39, 0.29) is 54.1 Å². The van der Waals surface area contributed by atoms with Gasteiger partial charge in [-0.25, -0.2) is 9.59 Å². The van der Waals surface area contributed by atoms with E-state index in [1.165, 1.54) is 13.2 Å². The Bertz CT molecular complexity index is 1710. The first-order valence-corrected chi connectivity index (χ1v) is 20.0. The highest BCUT2D eigenvalue weighted by molar-refractivity contribution is 5.87. The SMILES string of the molecule is COc1ccc2c(CC(=O)NCCCC[C@H](NC(=O)CC[C@@H](C)[C@H]3CCC4C5C(CC[C@@]43C)[C@@]3(C)CC[C@@H](O)CC3C[C@@H]5O)C(=O)O)cc(=O)oc2c1. The van der Waals surface area contributed by atoms with E-state index in [1.807, 2.05) is 0 Å². The zero-order chi connectivity index (χ0) is 38.1. The van der Waals surface area contributed by atoms with Crippen LogP contribution in [0.2, 0.25) is 0 Å². The highest BCUT2D eigenvalue weighted by Gasteiger charge is 2.62. The summed E-state index contributed by atoms with van der Waals surface area (Å²) in [4.78, 5) is 49.8. The van der Waals surface area contributed by atoms with E-state index in [0.717, 1.165) is 51.4 Å². The molecule has 0 spiro atoms. The number of carboxylic acids is 1. The maximum absolute atomic E-state index is 13.0. The van der Waals surface area contributed by atoms with Crippen LogP contribution in [0, 0.1) is 46.3 Å². The smallest absolute Gasteiger partial charge is 0.336 e. The number of methoxy groups -OCH3 is 1. The van der Waals surface area contributed by atoms with Gasteiger partial charge in [0.2, 0.25) is 11.8 Å². The van der Waals surface area contributed by atoms with Gasteiger partial charge in [-0.2, -0.15) is 0 Å². The lowest BCUT2D eigenvalue weighted by molar-refractivity contribution is -0.174. The Morgan fingerprint density at radius 1 is 0.962 bits per heavy atom. The third kappa shape index (κ3) is 8.16. The van der Waals surface area contributed by atoms with Crippen LogP contribution in [-0.2, 0) is 20.8 Å². The second kappa shape index (κ2) is 16.1. The number of fused-ring (bicyclic) bond motifs is 6. The fourth-order valence-electron chi connectivity index (χ4n) is 11.7. The minimum absolute atomic E-state index is 0.00396. The molecule has 1 aromatic heterocycles. The van der Waals surface area contributed by atoms with Gasteiger partial charge in [0.25, 0.3) is 0 Å². The number of carbonyl (C=O) groups excluding carboxylic acids is 2. The van der Waals surface area contributed by atoms with E-state index >= 15 is 0 Å². The molecule has 1 aromatic carbocycles. The molecule has 292 valence electrons. The maximum atomic E-state index is 13.0. The van der Waals surface area contributed by atoms with Gasteiger partial charge in [-0.15, -0.1) is 0 Å². The second-order valence-corrected chi connectivity index (χ2v) is 17.4. The van der Waals surface area contributed by atoms with Crippen LogP contribution in [0.15, 0.2) is 33.5 Å². The minimum Gasteiger partial charge on any atom is -0.497 e. The maximum Gasteiger partial charge on any atom is 0.336 e. The molecule has 0 saturated heterocycles. The van der Waals surface area contributed by atoms with Gasteiger partial charge in [-0.05, 0) is 141 Å². The molecule has 11 heteroatoms. The number of carboxylic acid groups (broad SMARTS) is 1. The van der Waals surface area contributed by atoms with Gasteiger partial charge >= 0.3 is 11.6 Å². The average molecular weight is 737 g/mol. The van der Waals surface area contributed by atoms with Crippen molar-refractivity contribution in [3.05, 3.63) is 40.2 Å². The number of hydrogen-bond acceptors (Lipinski definition) is 8. The quantitative estimate of drug-likeness (QED) is 0.122. The molecule has 4 saturated carbocycles. The zero-order valence-electron chi connectivity index (χ0n) is 31.9. The number of aliphatic hydroxyl groups excluding tert-OH is 2. The van der Waals surface area contributed by atoms with Crippen molar-refractivity contribution in [3.63, 3.8) is 0 Å². The van der Waals surface area contributed by atoms with Crippen molar-refractivity contribution in [2.75, 3.05) is 13.7 Å². The lowest BCUT2D eigenvalue weighted by Gasteiger charge is -2.62. The van der Waals surface area contributed by atoms with Crippen LogP contribution in [0.4, 0.5) is 0 Å². The van der Waals surface area contributed by atoms with Crippen molar-refractivity contribution in [3.8, 4) is 5.75 Å². The molecule has 1 heterocycles. The molecule has 0 bridgehead atoms. The van der Waals surface area contributed by atoms with Crippen molar-refractivity contribution in [2.24, 2.45) is 46.3 Å². The van der Waals surface area contributed by atoms with Crippen LogP contribution in [0.25, 0.3) is 11.0 Å². The molecular weight excluding hydrogens is 676 g/mol. The molecule has 4 aliphatic carbocycles. The van der Waals surface area contributed by atoms with Crippen molar-refractivity contribution in [1.82, 2.24) is 10.6 Å². The molecule has 6 rings (SSSR count). The summed E-state index contributed by atoms with van der Waals surface area (Å²) in [5, 5.41) is 38.0. The van der Waals surface area contributed by atoms with Crippen LogP contribution >= 0.6 is 0 Å². The van der Waals surface area contributed by atoms with E-state index in [0.29, 0.717) is 83.6 Å². The Morgan fingerprint density at radius 2 is 1.72 bits per heavy atom. The number of hydrogen-bond donors (Lipinski definition) is 5. The predicted octanol–water partition coefficient (Wildman–Crippen LogP) is 5.61. The second-order valence-electron chi connectivity index (χ2n) is 17.4. The van der Waals surface area contributed by atoms with Crippen LogP contribution in [-0.4, -0.2) is 65.0 Å². The minimum atomic E-state index is -1.07. The van der Waals surface area contributed by atoms with Crippen molar-refractivity contribution in [2.45, 2.75) is 129 Å². The van der Waals surface area contributed by atoms with Gasteiger partial charge in [-0.1, -0.05) is 20.8 Å². The summed E-state index contributed by atoms with van der Waals surface area (Å²) in [7, 11) is 1.52. The highest BCUT2D eigenvalue weighted by atomic mass is 16.5. The number of amides is 2. The van der Waals surface area contributed by atoms with Crippen LogP contribution in [0.5, 0.6) is 5.75 Å². The molecule has 4 aliphatic rings. The molecule has 0 aliphatic heterocycles. The number of ether oxygens (including phenoxy) is 1. The van der Waals surface area contributed by atoms with E-state index in [1.54, 1.807) is 18.2 Å². The molecule has 53 heavy (non-hydrogen) atoms. The van der Waals surface area contributed by atoms with Crippen LogP contribution in [0.3, 0.4) is 0 Å². The molecule has 11 nitrogen and oxygen atoms in total. The van der Waals surface area contributed by atoms with Gasteiger partial charge in [-0.3, -0.25) is 9.59 Å². The summed E-state index contributed by atoms with van der Waals surface area (Å²) < 4.78 is 10.5. The zero-order valence-corrected chi connectivity index (χ0v) is 31.9. The van der Waals surface area contributed by atoms with Crippen molar-refractivity contribution < 1.29 is 38.9 Å². The summed E-state index contributed by atoms with van der Waals surface area (Å²) in [5.74, 6) is 1.37. The van der Waals surface area contributed by atoms with E-state index in [4.69, 9.17) is 9.15 Å². The van der Waals surface area contributed by atoms with E-state index < -0.39 is 17.6 Å². The number of nitrogens with one attached hydrogen (secondary N) is 2. The first-order valence-electron chi connectivity index (χ1n) is 20.0. The Hall–Kier alpha value is -3.44. The van der Waals surface area contributed by atoms with Gasteiger partial charge in [0.1, 0.15) is 17.4 Å². The molecular formula is C42H60N2O9. The average Bonchev–Trinajstić information content (AvgIpc) is 3.47. The van der Waals surface area contributed by atoms with E-state index in [2.05, 4.69) is 31.4 Å². The third-order valence-electron chi connectivity index (χ3n) is 14.5. The van der Waals surface area contributed by atoms with Gasteiger partial charge in [0.05, 0.1) is 25.7 Å². The lowest BCUT2D eigenvalue weighted by Crippen LogP contribution is -2.58. The Balaban J connectivity index is 0.939. The van der Waals surface area contributed by atoms with Crippen molar-refractivity contribution >= 4 is 28.8 Å². The first-order chi connectivity index (χ1) is 25.2. The van der Waals surface area contributed by atoms with Crippen molar-refractivity contribution in [1.29, 1.82) is 0 Å². The van der Waals surface area contributed by atoms with Gasteiger partial charge in [0, 0.05) is 30.5 Å². The fourth-order valence-corrected chi connectivity index (χ4v) is 11.7. The highest BCUT2D eigenvalue weighted by Crippen LogP contribution is 2.68. The predicted molar refractivity (Wildman–Crippen MR) is 200 cm³/mol. The number of aliphatic carboxylic acids is 1. The number of benzene rings is 1. The molecule has 4 fully saturated rings. The Morgan fingerprint density at radius 3 is 2.47 bits per heavy atom. The van der Waals surface area contributed by atoms with E-state index in [9.17, 15) is 34.5 Å². The standard InChI is InChI=1S/C42H60N2O9/c1-24(30-11-12-31-39-32(15-17-42(30,31)3)41(2)16-14-27(45)21-26(41)22-34(39)46)8-13-36(47)44-33(40(50)51)7-5-6-18-43-37(48)19-25-20-38(49)53-35-23-28(52-4)9-10-29(25)35/h9-10,20,23-24,26-27,30-34,39,45-46H,5-8,11-19,21-22H2,1-4H3,(H,43,48)(H,44,47)(H,50,51)/t24-,26?,27-,30-,31?,32?,33+,34+,39?,41+,42-/m1/s1. The molecule has 0 radical (unpaired) electrons. The van der Waals surface area contributed by atoms with Gasteiger partial charge < -0.3 is 35.1 Å². The third-order valence-corrected chi connectivity index (χ3v) is 14.5. The summed E-state index contributed by atoms with van der Waals surface area (Å²) >= 11 is 0. The van der Waals surface area contributed by atoms with Crippen LogP contribution in [0.1, 0.15) is 110 Å². The normalized spacial score (nSPS) is 33.2. The summed E-state index contributed by atoms with van der Waals surface area (Å²) in [6, 6.07) is 5.40. The fraction of sp³-hybridized carbons (Fsp3) is 0.714. The summed E-state index contributed by atoms with van der Waals surface area (Å²) in [6.45, 7) is 7.44.